The maximum Gasteiger partial charge on any atom is 0.358 e. The van der Waals surface area contributed by atoms with E-state index in [2.05, 4.69) is 10.3 Å². The van der Waals surface area contributed by atoms with E-state index in [1.165, 1.54) is 6.07 Å². The van der Waals surface area contributed by atoms with Gasteiger partial charge in [-0.1, -0.05) is 0 Å². The summed E-state index contributed by atoms with van der Waals surface area (Å²) < 4.78 is 25.9. The van der Waals surface area contributed by atoms with Gasteiger partial charge in [-0.3, -0.25) is 0 Å². The van der Waals surface area contributed by atoms with E-state index in [1.807, 2.05) is 0 Å². The molecule has 0 bridgehead atoms. The average molecular weight is 266 g/mol. The van der Waals surface area contributed by atoms with Crippen molar-refractivity contribution in [1.82, 2.24) is 4.98 Å². The Hall–Kier alpha value is -2.70. The van der Waals surface area contributed by atoms with Crippen molar-refractivity contribution in [3.8, 4) is 5.75 Å². The molecule has 1 aromatic carbocycles. The summed E-state index contributed by atoms with van der Waals surface area (Å²) in [6, 6.07) is 5.16. The fraction of sp³-hybridized carbons (Fsp3) is 0. The minimum absolute atomic E-state index is 0.0419. The average Bonchev–Trinajstić information content (AvgIpc) is 2.30. The molecule has 0 aliphatic heterocycles. The second-order valence-electron chi connectivity index (χ2n) is 3.65. The number of carbonyl (C=O) groups is 1. The maximum atomic E-state index is 13.0. The van der Waals surface area contributed by atoms with E-state index in [0.29, 0.717) is 6.07 Å². The van der Waals surface area contributed by atoms with Crippen LogP contribution < -0.4 is 5.32 Å². The van der Waals surface area contributed by atoms with Crippen molar-refractivity contribution in [2.75, 3.05) is 5.32 Å². The van der Waals surface area contributed by atoms with Gasteiger partial charge in [0.15, 0.2) is 5.69 Å². The van der Waals surface area contributed by atoms with E-state index in [0.717, 1.165) is 18.2 Å². The van der Waals surface area contributed by atoms with Crippen LogP contribution in [0.3, 0.4) is 0 Å². The van der Waals surface area contributed by atoms with Crippen molar-refractivity contribution < 1.29 is 23.8 Å². The molecular formula is C12H8F2N2O3. The van der Waals surface area contributed by atoms with E-state index in [4.69, 9.17) is 5.11 Å². The summed E-state index contributed by atoms with van der Waals surface area (Å²) in [5, 5.41) is 20.6. The van der Waals surface area contributed by atoms with E-state index in [-0.39, 0.29) is 11.5 Å². The highest BCUT2D eigenvalue weighted by atomic mass is 19.1. The molecule has 0 radical (unpaired) electrons. The van der Waals surface area contributed by atoms with Gasteiger partial charge in [0.25, 0.3) is 0 Å². The van der Waals surface area contributed by atoms with E-state index >= 15 is 0 Å². The topological polar surface area (TPSA) is 82.5 Å². The number of halogens is 2. The van der Waals surface area contributed by atoms with Crippen molar-refractivity contribution in [2.24, 2.45) is 0 Å². The summed E-state index contributed by atoms with van der Waals surface area (Å²) in [6.07, 6.45) is 0. The highest BCUT2D eigenvalue weighted by molar-refractivity contribution is 5.89. The van der Waals surface area contributed by atoms with Gasteiger partial charge in [0.05, 0.1) is 0 Å². The standard InChI is InChI=1S/C12H8F2N2O3/c13-6-3-7(14)5-8(4-6)15-10-2-1-9(17)11(16-10)12(18)19/h1-5,17H,(H,15,16)(H,18,19). The number of rotatable bonds is 3. The number of carboxylic acid groups (broad SMARTS) is 1. The van der Waals surface area contributed by atoms with Gasteiger partial charge in [-0.15, -0.1) is 0 Å². The first kappa shape index (κ1) is 12.7. The third kappa shape index (κ3) is 2.95. The van der Waals surface area contributed by atoms with Gasteiger partial charge in [0.2, 0.25) is 0 Å². The van der Waals surface area contributed by atoms with Crippen molar-refractivity contribution in [3.63, 3.8) is 0 Å². The minimum Gasteiger partial charge on any atom is -0.505 e. The monoisotopic (exact) mass is 266 g/mol. The molecule has 0 unspecified atom stereocenters. The summed E-state index contributed by atoms with van der Waals surface area (Å²) in [4.78, 5) is 14.4. The second-order valence-corrected chi connectivity index (χ2v) is 3.65. The van der Waals surface area contributed by atoms with Crippen LogP contribution in [0.25, 0.3) is 0 Å². The molecule has 19 heavy (non-hydrogen) atoms. The zero-order valence-corrected chi connectivity index (χ0v) is 9.39. The van der Waals surface area contributed by atoms with Gasteiger partial charge in [-0.2, -0.15) is 0 Å². The lowest BCUT2D eigenvalue weighted by molar-refractivity contribution is 0.0687. The Kier molecular flexibility index (Phi) is 3.28. The van der Waals surface area contributed by atoms with E-state index in [9.17, 15) is 18.7 Å². The zero-order chi connectivity index (χ0) is 14.0. The third-order valence-corrected chi connectivity index (χ3v) is 2.21. The molecule has 0 saturated carbocycles. The number of benzene rings is 1. The van der Waals surface area contributed by atoms with Crippen molar-refractivity contribution in [3.05, 3.63) is 47.7 Å². The molecule has 0 amide bonds. The van der Waals surface area contributed by atoms with Gasteiger partial charge in [0, 0.05) is 11.8 Å². The first-order valence-electron chi connectivity index (χ1n) is 5.12. The van der Waals surface area contributed by atoms with Gasteiger partial charge < -0.3 is 15.5 Å². The Labute approximate surface area is 106 Å². The Morgan fingerprint density at radius 3 is 2.37 bits per heavy atom. The van der Waals surface area contributed by atoms with Crippen LogP contribution in [0.4, 0.5) is 20.3 Å². The predicted octanol–water partition coefficient (Wildman–Crippen LogP) is 2.51. The fourth-order valence-electron chi connectivity index (χ4n) is 1.45. The molecule has 2 rings (SSSR count). The lowest BCUT2D eigenvalue weighted by Gasteiger charge is -2.07. The Balaban J connectivity index is 2.33. The Morgan fingerprint density at radius 2 is 1.79 bits per heavy atom. The molecule has 1 aromatic heterocycles. The highest BCUT2D eigenvalue weighted by Gasteiger charge is 2.12. The number of aromatic nitrogens is 1. The van der Waals surface area contributed by atoms with Crippen molar-refractivity contribution in [2.45, 2.75) is 0 Å². The van der Waals surface area contributed by atoms with Gasteiger partial charge in [-0.05, 0) is 24.3 Å². The van der Waals surface area contributed by atoms with Crippen LogP contribution >= 0.6 is 0 Å². The van der Waals surface area contributed by atoms with Crippen LogP contribution in [0.5, 0.6) is 5.75 Å². The molecule has 1 heterocycles. The third-order valence-electron chi connectivity index (χ3n) is 2.21. The lowest BCUT2D eigenvalue weighted by Crippen LogP contribution is -2.03. The SMILES string of the molecule is O=C(O)c1nc(Nc2cc(F)cc(F)c2)ccc1O. The first-order chi connectivity index (χ1) is 8.95. The molecule has 3 N–H and O–H groups in total. The largest absolute Gasteiger partial charge is 0.505 e. The molecule has 2 aromatic rings. The van der Waals surface area contributed by atoms with E-state index < -0.39 is 29.0 Å². The molecule has 7 heteroatoms. The molecule has 0 spiro atoms. The summed E-state index contributed by atoms with van der Waals surface area (Å²) in [6.45, 7) is 0. The highest BCUT2D eigenvalue weighted by Crippen LogP contribution is 2.21. The van der Waals surface area contributed by atoms with Gasteiger partial charge in [0.1, 0.15) is 23.2 Å². The number of anilines is 2. The van der Waals surface area contributed by atoms with Gasteiger partial charge >= 0.3 is 5.97 Å². The number of nitrogens with one attached hydrogen (secondary N) is 1. The van der Waals surface area contributed by atoms with Crippen LogP contribution in [-0.2, 0) is 0 Å². The smallest absolute Gasteiger partial charge is 0.358 e. The number of aromatic hydroxyl groups is 1. The molecule has 5 nitrogen and oxygen atoms in total. The summed E-state index contributed by atoms with van der Waals surface area (Å²) in [5.41, 5.74) is -0.478. The first-order valence-corrected chi connectivity index (χ1v) is 5.12. The van der Waals surface area contributed by atoms with Crippen LogP contribution in [-0.4, -0.2) is 21.2 Å². The Bertz CT molecular complexity index is 627. The normalized spacial score (nSPS) is 10.2. The lowest BCUT2D eigenvalue weighted by atomic mass is 10.3. The van der Waals surface area contributed by atoms with Crippen molar-refractivity contribution in [1.29, 1.82) is 0 Å². The minimum atomic E-state index is -1.41. The molecular weight excluding hydrogens is 258 g/mol. The molecule has 0 saturated heterocycles. The molecule has 0 aliphatic rings. The second kappa shape index (κ2) is 4.89. The zero-order valence-electron chi connectivity index (χ0n) is 9.39. The quantitative estimate of drug-likeness (QED) is 0.795. The van der Waals surface area contributed by atoms with Crippen molar-refractivity contribution >= 4 is 17.5 Å². The number of aromatic carboxylic acids is 1. The van der Waals surface area contributed by atoms with Crippen LogP contribution in [0.2, 0.25) is 0 Å². The number of pyridine rings is 1. The van der Waals surface area contributed by atoms with Crippen LogP contribution in [0, 0.1) is 11.6 Å². The van der Waals surface area contributed by atoms with E-state index in [1.54, 1.807) is 0 Å². The number of hydrogen-bond donors (Lipinski definition) is 3. The Morgan fingerprint density at radius 1 is 1.16 bits per heavy atom. The summed E-state index contributed by atoms with van der Waals surface area (Å²) in [7, 11) is 0. The summed E-state index contributed by atoms with van der Waals surface area (Å²) in [5.74, 6) is -3.42. The number of hydrogen-bond acceptors (Lipinski definition) is 4. The maximum absolute atomic E-state index is 13.0. The molecule has 98 valence electrons. The predicted molar refractivity (Wildman–Crippen MR) is 62.5 cm³/mol. The number of nitrogens with zero attached hydrogens (tertiary/aromatic N) is 1. The number of carboxylic acids is 1. The van der Waals surface area contributed by atoms with Crippen LogP contribution in [0.1, 0.15) is 10.5 Å². The molecule has 0 fully saturated rings. The van der Waals surface area contributed by atoms with Crippen LogP contribution in [0.15, 0.2) is 30.3 Å². The fourth-order valence-corrected chi connectivity index (χ4v) is 1.45. The van der Waals surface area contributed by atoms with Gasteiger partial charge in [-0.25, -0.2) is 18.6 Å². The molecule has 0 atom stereocenters. The molecule has 0 aliphatic carbocycles. The summed E-state index contributed by atoms with van der Waals surface area (Å²) >= 11 is 0.